The maximum atomic E-state index is 14.0. The molecule has 8 rings (SSSR count). The van der Waals surface area contributed by atoms with Crippen molar-refractivity contribution in [3.8, 4) is 17.2 Å². The number of amides is 1. The summed E-state index contributed by atoms with van der Waals surface area (Å²) in [7, 11) is -3.10. The van der Waals surface area contributed by atoms with Gasteiger partial charge in [0.25, 0.3) is 21.6 Å². The highest BCUT2D eigenvalue weighted by Crippen LogP contribution is 2.44. The molecule has 320 valence electrons. The Balaban J connectivity index is 1.03. The van der Waals surface area contributed by atoms with Crippen LogP contribution < -0.4 is 24.4 Å². The van der Waals surface area contributed by atoms with Crippen molar-refractivity contribution in [2.24, 2.45) is 5.41 Å². The Morgan fingerprint density at radius 1 is 1.08 bits per heavy atom. The van der Waals surface area contributed by atoms with E-state index in [9.17, 15) is 23.3 Å². The SMILES string of the molecule is COCC[C@H]1COc2cc(S(=O)(=O)NC(=O)c3ccc(N4CCN(CC5=C(c6ccc(Cl)cc6)CC(C)(C)CC5)CC4)cc3Oc3cnc4[nH]ccc4c3)cc([N+](=O)[O-])c2N1. The number of piperazine rings is 1. The molecule has 3 aromatic carbocycles. The number of anilines is 2. The third-order valence-corrected chi connectivity index (χ3v) is 13.2. The summed E-state index contributed by atoms with van der Waals surface area (Å²) in [6.07, 6.45) is 6.96. The zero-order valence-corrected chi connectivity index (χ0v) is 35.8. The Kier molecular flexibility index (Phi) is 12.0. The number of methoxy groups -OCH3 is 1. The first-order chi connectivity index (χ1) is 29.2. The van der Waals surface area contributed by atoms with Crippen LogP contribution >= 0.6 is 11.6 Å². The number of halogens is 1. The zero-order chi connectivity index (χ0) is 42.9. The van der Waals surface area contributed by atoms with Crippen LogP contribution in [-0.2, 0) is 14.8 Å². The van der Waals surface area contributed by atoms with Crippen molar-refractivity contribution in [1.82, 2.24) is 19.6 Å². The number of benzene rings is 3. The molecular formula is C44H48ClN7O8S. The Hall–Kier alpha value is -5.68. The van der Waals surface area contributed by atoms with Gasteiger partial charge in [-0.15, -0.1) is 0 Å². The Bertz CT molecular complexity index is 2610. The smallest absolute Gasteiger partial charge is 0.297 e. The van der Waals surface area contributed by atoms with Crippen LogP contribution in [0.25, 0.3) is 16.6 Å². The molecule has 17 heteroatoms. The second kappa shape index (κ2) is 17.4. The molecule has 61 heavy (non-hydrogen) atoms. The largest absolute Gasteiger partial charge is 0.489 e. The van der Waals surface area contributed by atoms with Crippen molar-refractivity contribution < 1.29 is 32.3 Å². The van der Waals surface area contributed by atoms with Crippen LogP contribution in [0.2, 0.25) is 5.02 Å². The molecule has 1 amide bonds. The number of nitrogens with one attached hydrogen (secondary N) is 3. The summed E-state index contributed by atoms with van der Waals surface area (Å²) in [6.45, 7) is 9.12. The van der Waals surface area contributed by atoms with E-state index in [1.807, 2.05) is 18.2 Å². The standard InChI is InChI=1S/C44H48ClN7O8S/c1-44(2)13-10-30(37(24-44)28-4-6-31(45)7-5-28)26-50-15-17-51(18-16-50)33-8-9-36(39(21-33)60-34-20-29-11-14-46-42(29)47-25-34)43(53)49-61(56,57)35-22-38(52(54)55)41-40(23-35)59-27-32(48-41)12-19-58-3/h4-9,11,14,20-23,25,32,48H,10,12-13,15-19,24,26-27H2,1-3H3,(H,46,47)(H,49,53)/t32-/m0/s1. The van der Waals surface area contributed by atoms with Crippen LogP contribution in [0, 0.1) is 15.5 Å². The van der Waals surface area contributed by atoms with Crippen molar-refractivity contribution in [2.75, 3.05) is 63.3 Å². The molecule has 1 atom stereocenters. The third kappa shape index (κ3) is 9.47. The molecule has 0 saturated carbocycles. The lowest BCUT2D eigenvalue weighted by Crippen LogP contribution is -2.47. The van der Waals surface area contributed by atoms with Crippen molar-refractivity contribution in [2.45, 2.75) is 50.5 Å². The van der Waals surface area contributed by atoms with Gasteiger partial charge in [-0.3, -0.25) is 19.8 Å². The van der Waals surface area contributed by atoms with Crippen LogP contribution in [0.15, 0.2) is 89.6 Å². The number of aromatic nitrogens is 2. The van der Waals surface area contributed by atoms with Gasteiger partial charge in [-0.25, -0.2) is 18.1 Å². The number of rotatable bonds is 13. The fraction of sp³-hybridized carbons (Fsp3) is 0.364. The highest BCUT2D eigenvalue weighted by molar-refractivity contribution is 7.90. The van der Waals surface area contributed by atoms with E-state index in [1.54, 1.807) is 31.5 Å². The van der Waals surface area contributed by atoms with Gasteiger partial charge in [0.15, 0.2) is 11.4 Å². The van der Waals surface area contributed by atoms with Gasteiger partial charge in [0.1, 0.15) is 23.8 Å². The average Bonchev–Trinajstić information content (AvgIpc) is 3.71. The first-order valence-corrected chi connectivity index (χ1v) is 22.1. The number of hydrogen-bond donors (Lipinski definition) is 3. The summed E-state index contributed by atoms with van der Waals surface area (Å²) in [6, 6.07) is 18.6. The lowest BCUT2D eigenvalue weighted by atomic mass is 9.72. The topological polar surface area (TPSA) is 181 Å². The maximum Gasteiger partial charge on any atom is 0.297 e. The van der Waals surface area contributed by atoms with E-state index in [2.05, 4.69) is 55.8 Å². The number of carbonyl (C=O) groups excluding carboxylic acids is 1. The van der Waals surface area contributed by atoms with Crippen LogP contribution in [0.3, 0.4) is 0 Å². The normalized spacial score (nSPS) is 18.0. The molecule has 15 nitrogen and oxygen atoms in total. The highest BCUT2D eigenvalue weighted by atomic mass is 35.5. The Labute approximate surface area is 359 Å². The van der Waals surface area contributed by atoms with Gasteiger partial charge in [0, 0.05) is 86.9 Å². The summed E-state index contributed by atoms with van der Waals surface area (Å²) in [4.78, 5) is 37.0. The first-order valence-electron chi connectivity index (χ1n) is 20.2. The molecule has 0 unspecified atom stereocenters. The van der Waals surface area contributed by atoms with E-state index in [1.165, 1.54) is 35.0 Å². The number of sulfonamides is 1. The molecule has 1 fully saturated rings. The predicted molar refractivity (Wildman–Crippen MR) is 234 cm³/mol. The number of nitro groups is 1. The van der Waals surface area contributed by atoms with E-state index in [4.69, 9.17) is 25.8 Å². The zero-order valence-electron chi connectivity index (χ0n) is 34.2. The van der Waals surface area contributed by atoms with E-state index in [0.29, 0.717) is 37.5 Å². The molecule has 4 heterocycles. The maximum absolute atomic E-state index is 14.0. The molecule has 0 radical (unpaired) electrons. The molecule has 3 N–H and O–H groups in total. The number of nitrogens with zero attached hydrogens (tertiary/aromatic N) is 4. The number of aromatic amines is 1. The van der Waals surface area contributed by atoms with Crippen molar-refractivity contribution in [3.63, 3.8) is 0 Å². The average molecular weight is 870 g/mol. The minimum atomic E-state index is -4.64. The molecule has 5 aromatic rings. The van der Waals surface area contributed by atoms with Gasteiger partial charge < -0.3 is 29.4 Å². The molecule has 2 aromatic heterocycles. The molecule has 2 aliphatic heterocycles. The van der Waals surface area contributed by atoms with Crippen LogP contribution in [-0.4, -0.2) is 93.2 Å². The van der Waals surface area contributed by atoms with E-state index in [0.717, 1.165) is 61.1 Å². The van der Waals surface area contributed by atoms with Gasteiger partial charge in [-0.05, 0) is 78.6 Å². The minimum absolute atomic E-state index is 0.0155. The molecule has 1 aliphatic carbocycles. The van der Waals surface area contributed by atoms with Gasteiger partial charge in [-0.1, -0.05) is 43.2 Å². The molecular weight excluding hydrogens is 822 g/mol. The Morgan fingerprint density at radius 3 is 2.62 bits per heavy atom. The van der Waals surface area contributed by atoms with Crippen LogP contribution in [0.4, 0.5) is 17.1 Å². The van der Waals surface area contributed by atoms with Crippen LogP contribution in [0.5, 0.6) is 17.2 Å². The number of ether oxygens (including phenoxy) is 3. The highest BCUT2D eigenvalue weighted by Gasteiger charge is 2.33. The predicted octanol–water partition coefficient (Wildman–Crippen LogP) is 8.03. The summed E-state index contributed by atoms with van der Waals surface area (Å²) in [5.41, 5.74) is 5.25. The van der Waals surface area contributed by atoms with E-state index in [-0.39, 0.29) is 40.8 Å². The number of nitro benzene ring substituents is 1. The van der Waals surface area contributed by atoms with E-state index >= 15 is 0 Å². The van der Waals surface area contributed by atoms with Crippen LogP contribution in [0.1, 0.15) is 55.5 Å². The van der Waals surface area contributed by atoms with Gasteiger partial charge in [0.2, 0.25) is 0 Å². The number of allylic oxidation sites excluding steroid dienone is 1. The first kappa shape index (κ1) is 42.0. The fourth-order valence-corrected chi connectivity index (χ4v) is 9.33. The summed E-state index contributed by atoms with van der Waals surface area (Å²) in [5, 5.41) is 16.7. The third-order valence-electron chi connectivity index (χ3n) is 11.6. The number of fused-ring (bicyclic) bond motifs is 2. The number of H-pyrrole nitrogens is 1. The second-order valence-corrected chi connectivity index (χ2v) is 18.6. The fourth-order valence-electron chi connectivity index (χ4n) is 8.20. The molecule has 3 aliphatic rings. The number of pyridine rings is 1. The molecule has 0 bridgehead atoms. The number of hydrogen-bond acceptors (Lipinski definition) is 12. The van der Waals surface area contributed by atoms with Gasteiger partial charge >= 0.3 is 0 Å². The number of carbonyl (C=O) groups is 1. The lowest BCUT2D eigenvalue weighted by Gasteiger charge is -2.39. The lowest BCUT2D eigenvalue weighted by molar-refractivity contribution is -0.384. The summed E-state index contributed by atoms with van der Waals surface area (Å²) >= 11 is 6.24. The van der Waals surface area contributed by atoms with Gasteiger partial charge in [-0.2, -0.15) is 0 Å². The minimum Gasteiger partial charge on any atom is -0.489 e. The monoisotopic (exact) mass is 869 g/mol. The van der Waals surface area contributed by atoms with Crippen molar-refractivity contribution in [1.29, 1.82) is 0 Å². The molecule has 0 spiro atoms. The quantitative estimate of drug-likeness (QED) is 0.0767. The summed E-state index contributed by atoms with van der Waals surface area (Å²) < 4.78 is 46.9. The summed E-state index contributed by atoms with van der Waals surface area (Å²) in [5.74, 6) is -0.553. The molecule has 1 saturated heterocycles. The van der Waals surface area contributed by atoms with Crippen molar-refractivity contribution >= 4 is 61.2 Å². The second-order valence-electron chi connectivity index (χ2n) is 16.5. The van der Waals surface area contributed by atoms with E-state index < -0.39 is 31.4 Å². The van der Waals surface area contributed by atoms with Gasteiger partial charge in [0.05, 0.1) is 27.6 Å². The Morgan fingerprint density at radius 2 is 1.87 bits per heavy atom. The van der Waals surface area contributed by atoms with Crippen molar-refractivity contribution in [3.05, 3.63) is 111 Å².